The third kappa shape index (κ3) is 3.70. The van der Waals surface area contributed by atoms with Gasteiger partial charge in [0.1, 0.15) is 22.8 Å². The first kappa shape index (κ1) is 17.0. The number of carbonyl (C=O) groups excluding carboxylic acids is 1. The Bertz CT molecular complexity index is 751. The van der Waals surface area contributed by atoms with E-state index in [1.807, 2.05) is 0 Å². The molecule has 2 aromatic heterocycles. The third-order valence-electron chi connectivity index (χ3n) is 2.90. The van der Waals surface area contributed by atoms with E-state index in [-0.39, 0.29) is 29.3 Å². The van der Waals surface area contributed by atoms with Gasteiger partial charge in [-0.1, -0.05) is 0 Å². The quantitative estimate of drug-likeness (QED) is 0.918. The molecule has 124 valence electrons. The molecule has 0 radical (unpaired) electrons. The van der Waals surface area contributed by atoms with Crippen LogP contribution in [0.3, 0.4) is 0 Å². The summed E-state index contributed by atoms with van der Waals surface area (Å²) >= 11 is 0.334. The van der Waals surface area contributed by atoms with Crippen LogP contribution in [-0.4, -0.2) is 33.9 Å². The van der Waals surface area contributed by atoms with E-state index in [9.17, 15) is 22.8 Å². The van der Waals surface area contributed by atoms with Crippen LogP contribution in [0.25, 0.3) is 0 Å². The summed E-state index contributed by atoms with van der Waals surface area (Å²) in [5.74, 6) is -1.49. The van der Waals surface area contributed by atoms with Crippen molar-refractivity contribution < 1.29 is 32.3 Å². The van der Waals surface area contributed by atoms with Crippen LogP contribution in [0.2, 0.25) is 0 Å². The minimum atomic E-state index is -4.60. The van der Waals surface area contributed by atoms with E-state index in [0.717, 1.165) is 10.3 Å². The van der Waals surface area contributed by atoms with Crippen LogP contribution in [-0.2, 0) is 12.7 Å². The molecule has 0 atom stereocenters. The summed E-state index contributed by atoms with van der Waals surface area (Å²) in [7, 11) is 1.35. The summed E-state index contributed by atoms with van der Waals surface area (Å²) in [4.78, 5) is 27.3. The number of carbonyl (C=O) groups is 2. The summed E-state index contributed by atoms with van der Waals surface area (Å²) in [5, 5.41) is 8.85. The Morgan fingerprint density at radius 2 is 2.09 bits per heavy atom. The molecule has 0 spiro atoms. The van der Waals surface area contributed by atoms with E-state index in [0.29, 0.717) is 11.3 Å². The first-order valence-electron chi connectivity index (χ1n) is 6.20. The number of amides is 1. The molecule has 2 rings (SSSR count). The summed E-state index contributed by atoms with van der Waals surface area (Å²) in [6, 6.07) is 1.27. The molecule has 0 bridgehead atoms. The lowest BCUT2D eigenvalue weighted by atomic mass is 10.2. The number of nitrogens with zero attached hydrogens (tertiary/aromatic N) is 2. The zero-order chi connectivity index (χ0) is 17.4. The van der Waals surface area contributed by atoms with Crippen molar-refractivity contribution in [1.82, 2.24) is 9.88 Å². The fraction of sp³-hybridized carbons (Fsp3) is 0.308. The minimum Gasteiger partial charge on any atom is -0.478 e. The Morgan fingerprint density at radius 1 is 1.43 bits per heavy atom. The number of hydrogen-bond donors (Lipinski definition) is 1. The second-order valence-corrected chi connectivity index (χ2v) is 5.54. The summed E-state index contributed by atoms with van der Waals surface area (Å²) in [6.45, 7) is 1.37. The number of alkyl halides is 3. The average Bonchev–Trinajstić information content (AvgIpc) is 3.04. The van der Waals surface area contributed by atoms with Gasteiger partial charge in [0.25, 0.3) is 5.91 Å². The van der Waals surface area contributed by atoms with Gasteiger partial charge < -0.3 is 14.4 Å². The van der Waals surface area contributed by atoms with Crippen molar-refractivity contribution in [1.29, 1.82) is 0 Å². The Balaban J connectivity index is 2.12. The highest BCUT2D eigenvalue weighted by molar-refractivity contribution is 7.09. The second-order valence-electron chi connectivity index (χ2n) is 4.68. The van der Waals surface area contributed by atoms with Crippen LogP contribution in [0.15, 0.2) is 15.9 Å². The molecule has 23 heavy (non-hydrogen) atoms. The lowest BCUT2D eigenvalue weighted by Crippen LogP contribution is -2.26. The standard InChI is InChI=1S/C13H11F3N2O4S/c1-6-8(11(20)21)3-7(22-6)4-18(2)10(19)9-5-23-12(17-9)13(14,15)16/h3,5H,4H2,1-2H3,(H,20,21). The molecule has 0 unspecified atom stereocenters. The van der Waals surface area contributed by atoms with Crippen LogP contribution >= 0.6 is 11.3 Å². The molecule has 0 aromatic carbocycles. The van der Waals surface area contributed by atoms with E-state index in [1.54, 1.807) is 0 Å². The van der Waals surface area contributed by atoms with Crippen molar-refractivity contribution >= 4 is 23.2 Å². The normalized spacial score (nSPS) is 11.5. The van der Waals surface area contributed by atoms with E-state index in [1.165, 1.54) is 20.0 Å². The Morgan fingerprint density at radius 3 is 2.57 bits per heavy atom. The number of rotatable bonds is 4. The summed E-state index contributed by atoms with van der Waals surface area (Å²) in [6.07, 6.45) is -4.60. The van der Waals surface area contributed by atoms with Gasteiger partial charge in [0.05, 0.1) is 6.54 Å². The molecule has 0 fully saturated rings. The molecule has 2 heterocycles. The predicted molar refractivity (Wildman–Crippen MR) is 73.3 cm³/mol. The maximum atomic E-state index is 12.5. The highest BCUT2D eigenvalue weighted by atomic mass is 32.1. The molecule has 6 nitrogen and oxygen atoms in total. The van der Waals surface area contributed by atoms with E-state index < -0.39 is 23.1 Å². The third-order valence-corrected chi connectivity index (χ3v) is 3.79. The van der Waals surface area contributed by atoms with Crippen LogP contribution in [0.4, 0.5) is 13.2 Å². The smallest absolute Gasteiger partial charge is 0.443 e. The molecule has 2 aromatic rings. The summed E-state index contributed by atoms with van der Waals surface area (Å²) < 4.78 is 42.7. The van der Waals surface area contributed by atoms with Crippen molar-refractivity contribution in [2.45, 2.75) is 19.6 Å². The van der Waals surface area contributed by atoms with Crippen molar-refractivity contribution in [2.75, 3.05) is 7.05 Å². The van der Waals surface area contributed by atoms with Gasteiger partial charge in [-0.05, 0) is 13.0 Å². The zero-order valence-electron chi connectivity index (χ0n) is 12.0. The highest BCUT2D eigenvalue weighted by Crippen LogP contribution is 2.31. The van der Waals surface area contributed by atoms with Gasteiger partial charge in [0, 0.05) is 12.4 Å². The van der Waals surface area contributed by atoms with Gasteiger partial charge in [-0.25, -0.2) is 9.78 Å². The number of hydrogen-bond acceptors (Lipinski definition) is 5. The topological polar surface area (TPSA) is 83.6 Å². The van der Waals surface area contributed by atoms with Crippen LogP contribution in [0.5, 0.6) is 0 Å². The number of aryl methyl sites for hydroxylation is 1. The van der Waals surface area contributed by atoms with Crippen molar-refractivity contribution in [3.63, 3.8) is 0 Å². The first-order valence-corrected chi connectivity index (χ1v) is 7.08. The molecule has 0 saturated carbocycles. The van der Waals surface area contributed by atoms with Crippen LogP contribution < -0.4 is 0 Å². The van der Waals surface area contributed by atoms with Gasteiger partial charge in [-0.2, -0.15) is 13.2 Å². The van der Waals surface area contributed by atoms with Crippen molar-refractivity contribution in [3.05, 3.63) is 39.2 Å². The Labute approximate surface area is 132 Å². The molecular formula is C13H11F3N2O4S. The van der Waals surface area contributed by atoms with E-state index in [4.69, 9.17) is 9.52 Å². The Hall–Kier alpha value is -2.36. The largest absolute Gasteiger partial charge is 0.478 e. The number of carboxylic acids is 1. The molecule has 0 aliphatic heterocycles. The van der Waals surface area contributed by atoms with Gasteiger partial charge in [-0.15, -0.1) is 11.3 Å². The summed E-state index contributed by atoms with van der Waals surface area (Å²) in [5.41, 5.74) is -0.361. The second kappa shape index (κ2) is 6.03. The number of halogens is 3. The molecule has 1 N–H and O–H groups in total. The lowest BCUT2D eigenvalue weighted by molar-refractivity contribution is -0.137. The lowest BCUT2D eigenvalue weighted by Gasteiger charge is -2.14. The van der Waals surface area contributed by atoms with Gasteiger partial charge >= 0.3 is 12.1 Å². The predicted octanol–water partition coefficient (Wildman–Crippen LogP) is 3.03. The number of thiazole rings is 1. The maximum Gasteiger partial charge on any atom is 0.443 e. The minimum absolute atomic E-state index is 0.0335. The molecular weight excluding hydrogens is 337 g/mol. The fourth-order valence-corrected chi connectivity index (χ4v) is 2.50. The number of furan rings is 1. The number of carboxylic acid groups (broad SMARTS) is 1. The molecule has 0 saturated heterocycles. The number of aromatic nitrogens is 1. The maximum absolute atomic E-state index is 12.5. The van der Waals surface area contributed by atoms with Gasteiger partial charge in [-0.3, -0.25) is 4.79 Å². The first-order chi connectivity index (χ1) is 10.6. The van der Waals surface area contributed by atoms with Crippen molar-refractivity contribution in [3.8, 4) is 0 Å². The van der Waals surface area contributed by atoms with Crippen LogP contribution in [0.1, 0.15) is 37.4 Å². The molecule has 0 aliphatic carbocycles. The van der Waals surface area contributed by atoms with Crippen molar-refractivity contribution in [2.24, 2.45) is 0 Å². The zero-order valence-corrected chi connectivity index (χ0v) is 12.8. The van der Waals surface area contributed by atoms with E-state index in [2.05, 4.69) is 4.98 Å². The average molecular weight is 348 g/mol. The molecule has 0 aliphatic rings. The van der Waals surface area contributed by atoms with Gasteiger partial charge in [0.2, 0.25) is 0 Å². The van der Waals surface area contributed by atoms with Crippen LogP contribution in [0, 0.1) is 6.92 Å². The Kier molecular flexibility index (Phi) is 4.46. The molecule has 10 heteroatoms. The van der Waals surface area contributed by atoms with Gasteiger partial charge in [0.15, 0.2) is 5.01 Å². The molecule has 1 amide bonds. The highest BCUT2D eigenvalue weighted by Gasteiger charge is 2.35. The number of aromatic carboxylic acids is 1. The SMILES string of the molecule is Cc1oc(CN(C)C(=O)c2csc(C(F)(F)F)n2)cc1C(=O)O. The monoisotopic (exact) mass is 348 g/mol. The van der Waals surface area contributed by atoms with E-state index >= 15 is 0 Å². The fourth-order valence-electron chi connectivity index (χ4n) is 1.84.